The van der Waals surface area contributed by atoms with E-state index < -0.39 is 5.97 Å². The molecule has 3 heterocycles. The van der Waals surface area contributed by atoms with Crippen LogP contribution in [0, 0.1) is 20.8 Å². The number of rotatable bonds is 5. The summed E-state index contributed by atoms with van der Waals surface area (Å²) in [6.45, 7) is 8.24. The summed E-state index contributed by atoms with van der Waals surface area (Å²) in [5, 5.41) is 0. The smallest absolute Gasteiger partial charge is 0.340 e. The Labute approximate surface area is 193 Å². The number of aryl methyl sites for hydroxylation is 2. The number of esters is 1. The third-order valence-electron chi connectivity index (χ3n) is 6.09. The number of methoxy groups -OCH3 is 1. The molecule has 0 saturated carbocycles. The van der Waals surface area contributed by atoms with Crippen molar-refractivity contribution in [3.05, 3.63) is 99.8 Å². The molecular weight excluding hydrogens is 414 g/mol. The maximum absolute atomic E-state index is 13.5. The summed E-state index contributed by atoms with van der Waals surface area (Å²) in [7, 11) is 1.33. The lowest BCUT2D eigenvalue weighted by atomic mass is 10.0. The average molecular weight is 442 g/mol. The summed E-state index contributed by atoms with van der Waals surface area (Å²) in [4.78, 5) is 31.9. The molecule has 0 N–H and O–H groups in total. The van der Waals surface area contributed by atoms with E-state index in [-0.39, 0.29) is 5.91 Å². The molecule has 0 radical (unpaired) electrons. The minimum Gasteiger partial charge on any atom is -0.465 e. The number of carbonyl (C=O) groups excluding carboxylic acids is 2. The lowest BCUT2D eigenvalue weighted by Gasteiger charge is -2.17. The van der Waals surface area contributed by atoms with Gasteiger partial charge in [-0.2, -0.15) is 0 Å². The topological polar surface area (TPSA) is 64.4 Å². The fourth-order valence-corrected chi connectivity index (χ4v) is 4.37. The molecule has 6 heteroatoms. The van der Waals surface area contributed by atoms with Crippen molar-refractivity contribution in [2.75, 3.05) is 7.11 Å². The molecule has 0 atom stereocenters. The molecule has 0 unspecified atom stereocenters. The van der Waals surface area contributed by atoms with Crippen LogP contribution in [0.5, 0.6) is 0 Å². The summed E-state index contributed by atoms with van der Waals surface area (Å²) in [6, 6.07) is 13.9. The van der Waals surface area contributed by atoms with Gasteiger partial charge < -0.3 is 14.2 Å². The average Bonchev–Trinajstić information content (AvgIpc) is 3.21. The Balaban J connectivity index is 1.80. The standard InChI is InChI=1S/C27H27N3O3/c1-17-9-6-7-11-24(17)30-18(2)13-22(19(30)3)14-23-25(27(32)33-5)20(4)29(26(23)31)16-21-10-8-12-28-15-21/h6-15H,16H2,1-5H3/b23-14-. The van der Waals surface area contributed by atoms with Crippen molar-refractivity contribution in [2.45, 2.75) is 34.2 Å². The molecule has 0 saturated heterocycles. The summed E-state index contributed by atoms with van der Waals surface area (Å²) in [6.07, 6.45) is 5.21. The van der Waals surface area contributed by atoms with Crippen LogP contribution in [0.3, 0.4) is 0 Å². The molecule has 0 fully saturated rings. The van der Waals surface area contributed by atoms with Crippen LogP contribution in [0.25, 0.3) is 11.8 Å². The highest BCUT2D eigenvalue weighted by atomic mass is 16.5. The van der Waals surface area contributed by atoms with Gasteiger partial charge >= 0.3 is 5.97 Å². The van der Waals surface area contributed by atoms with Gasteiger partial charge in [0.05, 0.1) is 24.8 Å². The van der Waals surface area contributed by atoms with Crippen LogP contribution in [0.2, 0.25) is 0 Å². The second-order valence-corrected chi connectivity index (χ2v) is 8.21. The molecule has 168 valence electrons. The molecule has 3 aromatic rings. The van der Waals surface area contributed by atoms with Gasteiger partial charge in [-0.25, -0.2) is 4.79 Å². The van der Waals surface area contributed by atoms with Crippen molar-refractivity contribution in [3.8, 4) is 5.69 Å². The fraction of sp³-hybridized carbons (Fsp3) is 0.222. The highest BCUT2D eigenvalue weighted by Gasteiger charge is 2.37. The molecule has 2 aromatic heterocycles. The molecular formula is C27H27N3O3. The molecule has 6 nitrogen and oxygen atoms in total. The van der Waals surface area contributed by atoms with Gasteiger partial charge in [0.15, 0.2) is 0 Å². The first-order valence-electron chi connectivity index (χ1n) is 10.8. The van der Waals surface area contributed by atoms with Gasteiger partial charge in [-0.1, -0.05) is 24.3 Å². The summed E-state index contributed by atoms with van der Waals surface area (Å²) >= 11 is 0. The highest BCUT2D eigenvalue weighted by Crippen LogP contribution is 2.34. The van der Waals surface area contributed by atoms with Gasteiger partial charge in [-0.05, 0) is 68.7 Å². The van der Waals surface area contributed by atoms with E-state index in [9.17, 15) is 9.59 Å². The molecule has 0 spiro atoms. The zero-order valence-electron chi connectivity index (χ0n) is 19.5. The summed E-state index contributed by atoms with van der Waals surface area (Å²) in [5.74, 6) is -0.744. The van der Waals surface area contributed by atoms with Gasteiger partial charge in [0.1, 0.15) is 0 Å². The maximum atomic E-state index is 13.5. The fourth-order valence-electron chi connectivity index (χ4n) is 4.37. The van der Waals surface area contributed by atoms with E-state index in [2.05, 4.69) is 28.6 Å². The molecule has 0 aliphatic carbocycles. The lowest BCUT2D eigenvalue weighted by Crippen LogP contribution is -2.24. The van der Waals surface area contributed by atoms with Gasteiger partial charge in [-0.15, -0.1) is 0 Å². The van der Waals surface area contributed by atoms with Gasteiger partial charge in [0.25, 0.3) is 5.91 Å². The first-order valence-corrected chi connectivity index (χ1v) is 10.8. The number of amides is 1. The van der Waals surface area contributed by atoms with Crippen LogP contribution in [0.1, 0.15) is 35.0 Å². The number of aromatic nitrogens is 2. The third kappa shape index (κ3) is 4.00. The van der Waals surface area contributed by atoms with Crippen LogP contribution in [0.4, 0.5) is 0 Å². The van der Waals surface area contributed by atoms with Gasteiger partial charge in [0.2, 0.25) is 0 Å². The van der Waals surface area contributed by atoms with Crippen LogP contribution in [-0.2, 0) is 20.9 Å². The number of pyridine rings is 1. The minimum absolute atomic E-state index is 0.225. The van der Waals surface area contributed by atoms with Crippen molar-refractivity contribution in [3.63, 3.8) is 0 Å². The predicted molar refractivity (Wildman–Crippen MR) is 127 cm³/mol. The van der Waals surface area contributed by atoms with Gasteiger partial charge in [0, 0.05) is 35.2 Å². The van der Waals surface area contributed by atoms with Crippen molar-refractivity contribution in [2.24, 2.45) is 0 Å². The molecule has 1 aliphatic heterocycles. The van der Waals surface area contributed by atoms with Crippen molar-refractivity contribution in [1.29, 1.82) is 0 Å². The number of carbonyl (C=O) groups is 2. The van der Waals surface area contributed by atoms with E-state index in [1.54, 1.807) is 30.3 Å². The first-order chi connectivity index (χ1) is 15.8. The van der Waals surface area contributed by atoms with Crippen LogP contribution >= 0.6 is 0 Å². The molecule has 4 rings (SSSR count). The van der Waals surface area contributed by atoms with Crippen LogP contribution in [0.15, 0.2) is 71.7 Å². The highest BCUT2D eigenvalue weighted by molar-refractivity contribution is 6.16. The minimum atomic E-state index is -0.520. The van der Waals surface area contributed by atoms with Crippen molar-refractivity contribution in [1.82, 2.24) is 14.5 Å². The Kier molecular flexibility index (Phi) is 6.01. The predicted octanol–water partition coefficient (Wildman–Crippen LogP) is 4.67. The van der Waals surface area contributed by atoms with Gasteiger partial charge in [-0.3, -0.25) is 9.78 Å². The third-order valence-corrected chi connectivity index (χ3v) is 6.09. The summed E-state index contributed by atoms with van der Waals surface area (Å²) in [5.41, 5.74) is 7.28. The molecule has 1 aromatic carbocycles. The number of hydrogen-bond acceptors (Lipinski definition) is 4. The molecule has 33 heavy (non-hydrogen) atoms. The monoisotopic (exact) mass is 441 g/mol. The first kappa shape index (κ1) is 22.3. The van der Waals surface area contributed by atoms with E-state index >= 15 is 0 Å². The lowest BCUT2D eigenvalue weighted by molar-refractivity contribution is -0.136. The van der Waals surface area contributed by atoms with Crippen molar-refractivity contribution < 1.29 is 14.3 Å². The number of para-hydroxylation sites is 1. The van der Waals surface area contributed by atoms with Crippen LogP contribution < -0.4 is 0 Å². The second-order valence-electron chi connectivity index (χ2n) is 8.21. The maximum Gasteiger partial charge on any atom is 0.340 e. The van der Waals surface area contributed by atoms with E-state index in [0.29, 0.717) is 23.4 Å². The van der Waals surface area contributed by atoms with E-state index in [0.717, 1.165) is 33.8 Å². The van der Waals surface area contributed by atoms with E-state index in [4.69, 9.17) is 4.74 Å². The normalized spacial score (nSPS) is 15.0. The Morgan fingerprint density at radius 1 is 1.09 bits per heavy atom. The summed E-state index contributed by atoms with van der Waals surface area (Å²) < 4.78 is 7.20. The van der Waals surface area contributed by atoms with E-state index in [1.165, 1.54) is 7.11 Å². The Bertz CT molecular complexity index is 1300. The Hall–Kier alpha value is -3.93. The second kappa shape index (κ2) is 8.90. The largest absolute Gasteiger partial charge is 0.465 e. The molecule has 0 bridgehead atoms. The molecule has 1 aliphatic rings. The quantitative estimate of drug-likeness (QED) is 0.426. The number of hydrogen-bond donors (Lipinski definition) is 0. The number of ether oxygens (including phenoxy) is 1. The zero-order valence-corrected chi connectivity index (χ0v) is 19.5. The van der Waals surface area contributed by atoms with E-state index in [1.807, 2.05) is 44.2 Å². The SMILES string of the molecule is COC(=O)C1=C(C)N(Cc2cccnc2)C(=O)/C1=C\c1cc(C)n(-c2ccccc2C)c1C. The van der Waals surface area contributed by atoms with Crippen molar-refractivity contribution >= 4 is 18.0 Å². The number of nitrogens with zero attached hydrogens (tertiary/aromatic N) is 3. The molecule has 1 amide bonds. The number of benzene rings is 1. The number of allylic oxidation sites excluding steroid dienone is 1. The van der Waals surface area contributed by atoms with Crippen LogP contribution in [-0.4, -0.2) is 33.4 Å². The zero-order chi connectivity index (χ0) is 23.7. The Morgan fingerprint density at radius 2 is 1.85 bits per heavy atom. The Morgan fingerprint density at radius 3 is 2.52 bits per heavy atom.